The minimum absolute atomic E-state index is 0.0622. The van der Waals surface area contributed by atoms with Gasteiger partial charge in [0.2, 0.25) is 5.91 Å². The molecule has 2 N–H and O–H groups in total. The largest absolute Gasteiger partial charge is 0.347 e. The van der Waals surface area contributed by atoms with Gasteiger partial charge in [-0.2, -0.15) is 0 Å². The second-order valence-electron chi connectivity index (χ2n) is 4.80. The number of nitrogens with one attached hydrogen (secondary N) is 2. The summed E-state index contributed by atoms with van der Waals surface area (Å²) in [5, 5.41) is 14.1. The molecule has 1 amide bonds. The number of hydrogen-bond acceptors (Lipinski definition) is 4. The Balaban J connectivity index is 1.84. The molecule has 0 spiro atoms. The molecule has 1 aromatic rings. The molecule has 0 aliphatic carbocycles. The zero-order valence-corrected chi connectivity index (χ0v) is 11.0. The first-order valence-electron chi connectivity index (χ1n) is 6.61. The second-order valence-corrected chi connectivity index (χ2v) is 4.80. The van der Waals surface area contributed by atoms with Gasteiger partial charge >= 0.3 is 0 Å². The second kappa shape index (κ2) is 5.95. The lowest BCUT2D eigenvalue weighted by Crippen LogP contribution is -2.49. The Labute approximate surface area is 107 Å². The lowest BCUT2D eigenvalue weighted by molar-refractivity contribution is -0.124. The highest BCUT2D eigenvalue weighted by Gasteiger charge is 2.23. The molecular weight excluding hydrogens is 230 g/mol. The van der Waals surface area contributed by atoms with Crippen LogP contribution in [0.5, 0.6) is 0 Å². The molecule has 0 saturated carbocycles. The van der Waals surface area contributed by atoms with E-state index in [9.17, 15) is 4.79 Å². The highest BCUT2D eigenvalue weighted by Crippen LogP contribution is 2.12. The van der Waals surface area contributed by atoms with Gasteiger partial charge in [-0.25, -0.2) is 0 Å². The predicted molar refractivity (Wildman–Crippen MR) is 67.8 cm³/mol. The van der Waals surface area contributed by atoms with Gasteiger partial charge in [0.05, 0.1) is 12.6 Å². The number of amides is 1. The zero-order valence-electron chi connectivity index (χ0n) is 11.0. The number of rotatable bonds is 4. The Hall–Kier alpha value is -1.43. The summed E-state index contributed by atoms with van der Waals surface area (Å²) in [4.78, 5) is 12.0. The Kier molecular flexibility index (Phi) is 4.30. The molecule has 18 heavy (non-hydrogen) atoms. The summed E-state index contributed by atoms with van der Waals surface area (Å²) in [5.74, 6) is 0.863. The summed E-state index contributed by atoms with van der Waals surface area (Å²) in [5.41, 5.74) is 0. The SMILES string of the molecule is CCn1cnnc1CNC(=O)C1CCCC(C)N1. The van der Waals surface area contributed by atoms with E-state index in [1.54, 1.807) is 6.33 Å². The molecule has 1 fully saturated rings. The molecule has 2 heterocycles. The van der Waals surface area contributed by atoms with Gasteiger partial charge in [-0.05, 0) is 33.1 Å². The molecule has 1 aromatic heterocycles. The Morgan fingerprint density at radius 1 is 1.61 bits per heavy atom. The van der Waals surface area contributed by atoms with Gasteiger partial charge in [-0.15, -0.1) is 10.2 Å². The van der Waals surface area contributed by atoms with Gasteiger partial charge in [0.15, 0.2) is 5.82 Å². The maximum Gasteiger partial charge on any atom is 0.237 e. The molecule has 0 radical (unpaired) electrons. The molecule has 2 rings (SSSR count). The van der Waals surface area contributed by atoms with Crippen molar-refractivity contribution >= 4 is 5.91 Å². The van der Waals surface area contributed by atoms with Crippen LogP contribution in [0.4, 0.5) is 0 Å². The third-order valence-corrected chi connectivity index (χ3v) is 3.39. The van der Waals surface area contributed by atoms with Crippen molar-refractivity contribution < 1.29 is 4.79 Å². The highest BCUT2D eigenvalue weighted by atomic mass is 16.2. The predicted octanol–water partition coefficient (Wildman–Crippen LogP) is 0.445. The third kappa shape index (κ3) is 3.07. The average Bonchev–Trinajstić information content (AvgIpc) is 2.83. The van der Waals surface area contributed by atoms with Crippen LogP contribution in [0.3, 0.4) is 0 Å². The standard InChI is InChI=1S/C12H21N5O/c1-3-17-8-14-16-11(17)7-13-12(18)10-6-4-5-9(2)15-10/h8-10,15H,3-7H2,1-2H3,(H,13,18). The van der Waals surface area contributed by atoms with Crippen LogP contribution in [0.2, 0.25) is 0 Å². The fourth-order valence-corrected chi connectivity index (χ4v) is 2.31. The van der Waals surface area contributed by atoms with Gasteiger partial charge in [0.1, 0.15) is 6.33 Å². The van der Waals surface area contributed by atoms with Crippen LogP contribution in [-0.4, -0.2) is 32.8 Å². The number of hydrogen-bond donors (Lipinski definition) is 2. The highest BCUT2D eigenvalue weighted by molar-refractivity contribution is 5.81. The van der Waals surface area contributed by atoms with Crippen LogP contribution in [-0.2, 0) is 17.9 Å². The first-order chi connectivity index (χ1) is 8.70. The van der Waals surface area contributed by atoms with Crippen LogP contribution in [0, 0.1) is 0 Å². The Morgan fingerprint density at radius 3 is 3.17 bits per heavy atom. The molecule has 6 nitrogen and oxygen atoms in total. The molecule has 0 aromatic carbocycles. The summed E-state index contributed by atoms with van der Waals surface area (Å²) >= 11 is 0. The van der Waals surface area contributed by atoms with Crippen LogP contribution >= 0.6 is 0 Å². The molecule has 1 aliphatic rings. The summed E-state index contributed by atoms with van der Waals surface area (Å²) in [6.07, 6.45) is 4.85. The zero-order chi connectivity index (χ0) is 13.0. The van der Waals surface area contributed by atoms with E-state index in [-0.39, 0.29) is 11.9 Å². The van der Waals surface area contributed by atoms with Gasteiger partial charge in [0, 0.05) is 12.6 Å². The lowest BCUT2D eigenvalue weighted by atomic mass is 9.99. The van der Waals surface area contributed by atoms with Gasteiger partial charge in [0.25, 0.3) is 0 Å². The Bertz CT molecular complexity index is 403. The number of piperidine rings is 1. The summed E-state index contributed by atoms with van der Waals surface area (Å²) < 4.78 is 1.93. The van der Waals surface area contributed by atoms with Crippen molar-refractivity contribution in [3.8, 4) is 0 Å². The van der Waals surface area contributed by atoms with Crippen molar-refractivity contribution in [1.82, 2.24) is 25.4 Å². The van der Waals surface area contributed by atoms with E-state index >= 15 is 0 Å². The summed E-state index contributed by atoms with van der Waals surface area (Å²) in [7, 11) is 0. The molecule has 1 aliphatic heterocycles. The maximum atomic E-state index is 12.0. The van der Waals surface area contributed by atoms with E-state index in [0.717, 1.165) is 31.6 Å². The molecule has 2 unspecified atom stereocenters. The van der Waals surface area contributed by atoms with Crippen molar-refractivity contribution in [2.24, 2.45) is 0 Å². The summed E-state index contributed by atoms with van der Waals surface area (Å²) in [6.45, 7) is 5.41. The van der Waals surface area contributed by atoms with Gasteiger partial charge in [-0.1, -0.05) is 0 Å². The van der Waals surface area contributed by atoms with Crippen molar-refractivity contribution in [2.45, 2.75) is 58.3 Å². The number of carbonyl (C=O) groups excluding carboxylic acids is 1. The van der Waals surface area contributed by atoms with Crippen molar-refractivity contribution in [2.75, 3.05) is 0 Å². The maximum absolute atomic E-state index is 12.0. The van der Waals surface area contributed by atoms with Crippen LogP contribution in [0.1, 0.15) is 38.9 Å². The first-order valence-corrected chi connectivity index (χ1v) is 6.61. The quantitative estimate of drug-likeness (QED) is 0.815. The average molecular weight is 251 g/mol. The van der Waals surface area contributed by atoms with Crippen LogP contribution in [0.25, 0.3) is 0 Å². The Morgan fingerprint density at radius 2 is 2.44 bits per heavy atom. The molecule has 1 saturated heterocycles. The number of carbonyl (C=O) groups is 1. The van der Waals surface area contributed by atoms with E-state index in [0.29, 0.717) is 12.6 Å². The lowest BCUT2D eigenvalue weighted by Gasteiger charge is -2.27. The van der Waals surface area contributed by atoms with Crippen molar-refractivity contribution in [3.05, 3.63) is 12.2 Å². The number of aryl methyl sites for hydroxylation is 1. The molecule has 100 valence electrons. The third-order valence-electron chi connectivity index (χ3n) is 3.39. The topological polar surface area (TPSA) is 71.8 Å². The molecular formula is C12H21N5O. The monoisotopic (exact) mass is 251 g/mol. The van der Waals surface area contributed by atoms with Crippen molar-refractivity contribution in [1.29, 1.82) is 0 Å². The van der Waals surface area contributed by atoms with E-state index in [2.05, 4.69) is 27.8 Å². The number of aromatic nitrogens is 3. The minimum Gasteiger partial charge on any atom is -0.347 e. The first kappa shape index (κ1) is 13.0. The smallest absolute Gasteiger partial charge is 0.237 e. The van der Waals surface area contributed by atoms with E-state index in [1.807, 2.05) is 11.5 Å². The minimum atomic E-state index is -0.0632. The van der Waals surface area contributed by atoms with E-state index in [1.165, 1.54) is 0 Å². The normalized spacial score (nSPS) is 23.9. The van der Waals surface area contributed by atoms with Gasteiger partial charge < -0.3 is 15.2 Å². The van der Waals surface area contributed by atoms with Crippen LogP contribution < -0.4 is 10.6 Å². The van der Waals surface area contributed by atoms with Crippen molar-refractivity contribution in [3.63, 3.8) is 0 Å². The van der Waals surface area contributed by atoms with Crippen LogP contribution in [0.15, 0.2) is 6.33 Å². The molecule has 6 heteroatoms. The fourth-order valence-electron chi connectivity index (χ4n) is 2.31. The fraction of sp³-hybridized carbons (Fsp3) is 0.750. The molecule has 0 bridgehead atoms. The summed E-state index contributed by atoms with van der Waals surface area (Å²) in [6, 6.07) is 0.362. The molecule has 2 atom stereocenters. The van der Waals surface area contributed by atoms with E-state index in [4.69, 9.17) is 0 Å². The number of nitrogens with zero attached hydrogens (tertiary/aromatic N) is 3. The van der Waals surface area contributed by atoms with E-state index < -0.39 is 0 Å². The van der Waals surface area contributed by atoms with Gasteiger partial charge in [-0.3, -0.25) is 4.79 Å².